The van der Waals surface area contributed by atoms with Gasteiger partial charge in [0.2, 0.25) is 0 Å². The number of rotatable bonds is 9. The van der Waals surface area contributed by atoms with Gasteiger partial charge in [-0.25, -0.2) is 9.18 Å². The number of methoxy groups -OCH3 is 1. The zero-order valence-electron chi connectivity index (χ0n) is 16.5. The van der Waals surface area contributed by atoms with E-state index in [2.05, 4.69) is 5.32 Å². The Morgan fingerprint density at radius 3 is 2.48 bits per heavy atom. The summed E-state index contributed by atoms with van der Waals surface area (Å²) in [5.74, 6) is -0.643. The van der Waals surface area contributed by atoms with Crippen LogP contribution in [0.15, 0.2) is 36.4 Å². The molecule has 0 aromatic heterocycles. The third-order valence-corrected chi connectivity index (χ3v) is 4.04. The number of hydrogen-bond donors (Lipinski definition) is 1. The number of ether oxygens (including phenoxy) is 3. The van der Waals surface area contributed by atoms with Crippen molar-refractivity contribution in [3.8, 4) is 11.5 Å². The summed E-state index contributed by atoms with van der Waals surface area (Å²) < 4.78 is 28.8. The second-order valence-electron chi connectivity index (χ2n) is 6.67. The van der Waals surface area contributed by atoms with Gasteiger partial charge in [-0.3, -0.25) is 4.79 Å². The summed E-state index contributed by atoms with van der Waals surface area (Å²) in [6.07, 6.45) is 0. The Hall–Kier alpha value is -2.80. The first-order chi connectivity index (χ1) is 13.8. The zero-order valence-corrected chi connectivity index (χ0v) is 17.2. The number of carbonyl (C=O) groups is 2. The highest BCUT2D eigenvalue weighted by Gasteiger charge is 2.18. The van der Waals surface area contributed by atoms with Gasteiger partial charge in [0.05, 0.1) is 24.3 Å². The summed E-state index contributed by atoms with van der Waals surface area (Å²) in [7, 11) is 1.44. The lowest BCUT2D eigenvalue weighted by Gasteiger charge is -2.15. The highest BCUT2D eigenvalue weighted by Crippen LogP contribution is 2.36. The van der Waals surface area contributed by atoms with Gasteiger partial charge < -0.3 is 19.5 Å². The molecule has 0 heterocycles. The van der Waals surface area contributed by atoms with E-state index < -0.39 is 18.5 Å². The molecular weight excluding hydrogens is 401 g/mol. The Labute approximate surface area is 173 Å². The summed E-state index contributed by atoms with van der Waals surface area (Å²) >= 11 is 6.21. The SMILES string of the molecule is COc1cc(C(=O)OCC(=O)NCc2ccc(F)cc2)cc(Cl)c1OCC(C)C. The van der Waals surface area contributed by atoms with Crippen molar-refractivity contribution >= 4 is 23.5 Å². The molecule has 0 radical (unpaired) electrons. The van der Waals surface area contributed by atoms with Gasteiger partial charge in [0.25, 0.3) is 5.91 Å². The number of carbonyl (C=O) groups excluding carboxylic acids is 2. The molecule has 0 unspecified atom stereocenters. The van der Waals surface area contributed by atoms with Crippen molar-refractivity contribution in [2.75, 3.05) is 20.3 Å². The van der Waals surface area contributed by atoms with Crippen molar-refractivity contribution in [2.45, 2.75) is 20.4 Å². The number of esters is 1. The van der Waals surface area contributed by atoms with Crippen LogP contribution in [0.1, 0.15) is 29.8 Å². The highest BCUT2D eigenvalue weighted by atomic mass is 35.5. The number of halogens is 2. The van der Waals surface area contributed by atoms with Crippen LogP contribution in [0.2, 0.25) is 5.02 Å². The summed E-state index contributed by atoms with van der Waals surface area (Å²) in [5, 5.41) is 2.79. The normalized spacial score (nSPS) is 10.6. The van der Waals surface area contributed by atoms with Crippen LogP contribution in [0.4, 0.5) is 4.39 Å². The Kier molecular flexibility index (Phi) is 8.27. The highest BCUT2D eigenvalue weighted by molar-refractivity contribution is 6.32. The maximum absolute atomic E-state index is 12.9. The molecule has 0 aliphatic heterocycles. The van der Waals surface area contributed by atoms with Crippen molar-refractivity contribution in [1.29, 1.82) is 0 Å². The molecule has 0 bridgehead atoms. The van der Waals surface area contributed by atoms with Gasteiger partial charge >= 0.3 is 5.97 Å². The van der Waals surface area contributed by atoms with Crippen LogP contribution < -0.4 is 14.8 Å². The van der Waals surface area contributed by atoms with Gasteiger partial charge in [0.1, 0.15) is 5.82 Å². The second-order valence-corrected chi connectivity index (χ2v) is 7.08. The molecular formula is C21H23ClFNO5. The molecule has 2 rings (SSSR count). The van der Waals surface area contributed by atoms with E-state index in [4.69, 9.17) is 25.8 Å². The van der Waals surface area contributed by atoms with Crippen LogP contribution >= 0.6 is 11.6 Å². The molecule has 0 spiro atoms. The molecule has 0 aliphatic carbocycles. The topological polar surface area (TPSA) is 73.9 Å². The van der Waals surface area contributed by atoms with Gasteiger partial charge in [0, 0.05) is 6.54 Å². The van der Waals surface area contributed by atoms with Crippen molar-refractivity contribution in [3.63, 3.8) is 0 Å². The summed E-state index contributed by atoms with van der Waals surface area (Å²) in [4.78, 5) is 24.1. The lowest BCUT2D eigenvalue weighted by molar-refractivity contribution is -0.124. The minimum Gasteiger partial charge on any atom is -0.493 e. The predicted octanol–water partition coefficient (Wildman–Crippen LogP) is 4.00. The average molecular weight is 424 g/mol. The molecule has 2 aromatic carbocycles. The minimum absolute atomic E-state index is 0.134. The van der Waals surface area contributed by atoms with Gasteiger partial charge in [-0.15, -0.1) is 0 Å². The summed E-state index contributed by atoms with van der Waals surface area (Å²) in [6, 6.07) is 8.55. The first kappa shape index (κ1) is 22.5. The van der Waals surface area contributed by atoms with E-state index in [1.807, 2.05) is 13.8 Å². The monoisotopic (exact) mass is 423 g/mol. The van der Waals surface area contributed by atoms with Crippen LogP contribution in [-0.2, 0) is 16.1 Å². The van der Waals surface area contributed by atoms with E-state index in [0.29, 0.717) is 18.1 Å². The third kappa shape index (κ3) is 6.94. The fourth-order valence-electron chi connectivity index (χ4n) is 2.30. The second kappa shape index (κ2) is 10.7. The largest absolute Gasteiger partial charge is 0.493 e. The van der Waals surface area contributed by atoms with Crippen LogP contribution in [0.25, 0.3) is 0 Å². The number of hydrogen-bond acceptors (Lipinski definition) is 5. The number of nitrogens with one attached hydrogen (secondary N) is 1. The van der Waals surface area contributed by atoms with E-state index in [-0.39, 0.29) is 28.9 Å². The van der Waals surface area contributed by atoms with Gasteiger partial charge in [0.15, 0.2) is 18.1 Å². The third-order valence-electron chi connectivity index (χ3n) is 3.76. The first-order valence-corrected chi connectivity index (χ1v) is 9.36. The molecule has 0 aliphatic rings. The molecule has 0 atom stereocenters. The van der Waals surface area contributed by atoms with Crippen LogP contribution in [0.3, 0.4) is 0 Å². The lowest BCUT2D eigenvalue weighted by atomic mass is 10.2. The van der Waals surface area contributed by atoms with E-state index in [1.165, 1.54) is 31.4 Å². The average Bonchev–Trinajstić information content (AvgIpc) is 2.69. The molecule has 6 nitrogen and oxygen atoms in total. The summed E-state index contributed by atoms with van der Waals surface area (Å²) in [5.41, 5.74) is 0.856. The van der Waals surface area contributed by atoms with E-state index in [9.17, 15) is 14.0 Å². The molecule has 29 heavy (non-hydrogen) atoms. The Bertz CT molecular complexity index is 855. The van der Waals surface area contributed by atoms with Crippen molar-refractivity contribution < 1.29 is 28.2 Å². The van der Waals surface area contributed by atoms with Crippen LogP contribution in [-0.4, -0.2) is 32.2 Å². The smallest absolute Gasteiger partial charge is 0.338 e. The predicted molar refractivity (Wildman–Crippen MR) is 107 cm³/mol. The fourth-order valence-corrected chi connectivity index (χ4v) is 2.56. The Morgan fingerprint density at radius 1 is 1.17 bits per heavy atom. The Balaban J connectivity index is 1.93. The molecule has 156 valence electrons. The van der Waals surface area contributed by atoms with Gasteiger partial charge in [-0.05, 0) is 35.7 Å². The van der Waals surface area contributed by atoms with Gasteiger partial charge in [-0.2, -0.15) is 0 Å². The summed E-state index contributed by atoms with van der Waals surface area (Å²) in [6.45, 7) is 4.15. The van der Waals surface area contributed by atoms with E-state index >= 15 is 0 Å². The standard InChI is InChI=1S/C21H23ClFNO5/c1-13(2)11-28-20-17(22)8-15(9-18(20)27-3)21(26)29-12-19(25)24-10-14-4-6-16(23)7-5-14/h4-9,13H,10-12H2,1-3H3,(H,24,25). The molecule has 0 saturated heterocycles. The zero-order chi connectivity index (χ0) is 21.4. The molecule has 0 fully saturated rings. The van der Waals surface area contributed by atoms with Crippen molar-refractivity contribution in [3.05, 3.63) is 58.4 Å². The van der Waals surface area contributed by atoms with Crippen molar-refractivity contribution in [2.24, 2.45) is 5.92 Å². The maximum Gasteiger partial charge on any atom is 0.338 e. The molecule has 1 amide bonds. The molecule has 2 aromatic rings. The van der Waals surface area contributed by atoms with E-state index in [0.717, 1.165) is 5.56 Å². The quantitative estimate of drug-likeness (QED) is 0.617. The minimum atomic E-state index is -0.724. The molecule has 1 N–H and O–H groups in total. The van der Waals surface area contributed by atoms with E-state index in [1.54, 1.807) is 12.1 Å². The number of amides is 1. The lowest BCUT2D eigenvalue weighted by Crippen LogP contribution is -2.28. The maximum atomic E-state index is 12.9. The molecule has 0 saturated carbocycles. The van der Waals surface area contributed by atoms with Gasteiger partial charge in [-0.1, -0.05) is 37.6 Å². The van der Waals surface area contributed by atoms with Crippen molar-refractivity contribution in [1.82, 2.24) is 5.32 Å². The Morgan fingerprint density at radius 2 is 1.86 bits per heavy atom. The van der Waals surface area contributed by atoms with Crippen LogP contribution in [0, 0.1) is 11.7 Å². The molecule has 8 heteroatoms. The fraction of sp³-hybridized carbons (Fsp3) is 0.333. The first-order valence-electron chi connectivity index (χ1n) is 8.98. The van der Waals surface area contributed by atoms with Crippen LogP contribution in [0.5, 0.6) is 11.5 Å². The number of benzene rings is 2.